The summed E-state index contributed by atoms with van der Waals surface area (Å²) in [7, 11) is 1.23. The van der Waals surface area contributed by atoms with Crippen molar-refractivity contribution in [3.05, 3.63) is 12.0 Å². The molecule has 0 fully saturated rings. The lowest BCUT2D eigenvalue weighted by atomic mass is 10.3. The van der Waals surface area contributed by atoms with E-state index in [1.54, 1.807) is 0 Å². The number of nitrogens with one attached hydrogen (secondary N) is 1. The maximum Gasteiger partial charge on any atom is 0.449 e. The van der Waals surface area contributed by atoms with E-state index >= 15 is 0 Å². The average molecular weight is 239 g/mol. The van der Waals surface area contributed by atoms with Gasteiger partial charge in [0.25, 0.3) is 0 Å². The van der Waals surface area contributed by atoms with Crippen molar-refractivity contribution in [2.45, 2.75) is 11.7 Å². The van der Waals surface area contributed by atoms with Crippen LogP contribution in [0.2, 0.25) is 0 Å². The number of hydrogen-bond donors (Lipinski definition) is 1. The van der Waals surface area contributed by atoms with Crippen LogP contribution in [0.1, 0.15) is 11.2 Å². The SMILES string of the molecule is CN1C(C(F)(F)F)=Nc2nc[nH]c2C1Cl. The lowest BCUT2D eigenvalue weighted by molar-refractivity contribution is -0.0687. The Labute approximate surface area is 87.8 Å². The van der Waals surface area contributed by atoms with Crippen LogP contribution in [0.15, 0.2) is 11.3 Å². The van der Waals surface area contributed by atoms with Crippen molar-refractivity contribution in [3.63, 3.8) is 0 Å². The first kappa shape index (κ1) is 10.3. The summed E-state index contributed by atoms with van der Waals surface area (Å²) in [5.74, 6) is -1.05. The van der Waals surface area contributed by atoms with Crippen LogP contribution >= 0.6 is 11.6 Å². The van der Waals surface area contributed by atoms with Gasteiger partial charge in [0.1, 0.15) is 5.50 Å². The van der Waals surface area contributed by atoms with Crippen molar-refractivity contribution in [3.8, 4) is 0 Å². The van der Waals surface area contributed by atoms with Gasteiger partial charge in [-0.25, -0.2) is 9.98 Å². The Balaban J connectivity index is 2.51. The second-order valence-electron chi connectivity index (χ2n) is 3.02. The summed E-state index contributed by atoms with van der Waals surface area (Å²) in [6, 6.07) is 0. The molecular weight excluding hydrogens is 233 g/mol. The fourth-order valence-electron chi connectivity index (χ4n) is 1.30. The van der Waals surface area contributed by atoms with Crippen molar-refractivity contribution < 1.29 is 13.2 Å². The van der Waals surface area contributed by atoms with Gasteiger partial charge in [0, 0.05) is 7.05 Å². The van der Waals surface area contributed by atoms with E-state index in [1.165, 1.54) is 13.4 Å². The first-order valence-corrected chi connectivity index (χ1v) is 4.41. The second-order valence-corrected chi connectivity index (χ2v) is 3.43. The molecule has 1 unspecified atom stereocenters. The molecule has 2 heterocycles. The zero-order chi connectivity index (χ0) is 11.2. The molecule has 1 N–H and O–H groups in total. The minimum absolute atomic E-state index is 0.0135. The van der Waals surface area contributed by atoms with E-state index in [9.17, 15) is 13.2 Å². The van der Waals surface area contributed by atoms with Crippen LogP contribution in [-0.4, -0.2) is 33.9 Å². The number of hydrogen-bond acceptors (Lipinski definition) is 3. The summed E-state index contributed by atoms with van der Waals surface area (Å²) in [5.41, 5.74) is -0.566. The highest BCUT2D eigenvalue weighted by atomic mass is 35.5. The highest BCUT2D eigenvalue weighted by molar-refractivity contribution is 6.22. The minimum Gasteiger partial charge on any atom is -0.344 e. The number of H-pyrrole nitrogens is 1. The van der Waals surface area contributed by atoms with Gasteiger partial charge in [-0.2, -0.15) is 13.2 Å². The summed E-state index contributed by atoms with van der Waals surface area (Å²) < 4.78 is 37.5. The van der Waals surface area contributed by atoms with E-state index in [1.807, 2.05) is 0 Å². The maximum atomic E-state index is 12.5. The Kier molecular flexibility index (Phi) is 2.14. The molecule has 0 saturated heterocycles. The zero-order valence-corrected chi connectivity index (χ0v) is 8.26. The third kappa shape index (κ3) is 1.56. The van der Waals surface area contributed by atoms with Crippen LogP contribution in [0.3, 0.4) is 0 Å². The summed E-state index contributed by atoms with van der Waals surface area (Å²) in [5, 5.41) is 0. The van der Waals surface area contributed by atoms with Crippen molar-refractivity contribution in [1.82, 2.24) is 14.9 Å². The zero-order valence-electron chi connectivity index (χ0n) is 7.51. The topological polar surface area (TPSA) is 44.3 Å². The van der Waals surface area contributed by atoms with Gasteiger partial charge in [0.15, 0.2) is 5.82 Å². The smallest absolute Gasteiger partial charge is 0.344 e. The van der Waals surface area contributed by atoms with Gasteiger partial charge < -0.3 is 9.88 Å². The molecule has 8 heteroatoms. The molecule has 0 aromatic carbocycles. The number of alkyl halides is 4. The number of aliphatic imine (C=N–C) groups is 1. The third-order valence-corrected chi connectivity index (χ3v) is 2.54. The van der Waals surface area contributed by atoms with Gasteiger partial charge in [-0.15, -0.1) is 0 Å². The Bertz CT molecular complexity index is 411. The molecular formula is C7H6ClF3N4. The van der Waals surface area contributed by atoms with Crippen LogP contribution in [0.25, 0.3) is 0 Å². The number of imidazole rings is 1. The van der Waals surface area contributed by atoms with Crippen LogP contribution in [0.5, 0.6) is 0 Å². The predicted molar refractivity (Wildman–Crippen MR) is 48.1 cm³/mol. The number of aromatic amines is 1. The Morgan fingerprint density at radius 3 is 2.80 bits per heavy atom. The van der Waals surface area contributed by atoms with E-state index in [-0.39, 0.29) is 5.82 Å². The first-order valence-electron chi connectivity index (χ1n) is 3.97. The van der Waals surface area contributed by atoms with E-state index < -0.39 is 17.5 Å². The highest BCUT2D eigenvalue weighted by Crippen LogP contribution is 2.37. The molecule has 0 spiro atoms. The quantitative estimate of drug-likeness (QED) is 0.556. The molecule has 1 aliphatic rings. The molecule has 0 amide bonds. The third-order valence-electron chi connectivity index (χ3n) is 2.03. The molecule has 1 atom stereocenters. The molecule has 0 bridgehead atoms. The summed E-state index contributed by atoms with van der Waals surface area (Å²) in [6.45, 7) is 0. The van der Waals surface area contributed by atoms with Crippen LogP contribution < -0.4 is 0 Å². The van der Waals surface area contributed by atoms with Crippen LogP contribution in [0.4, 0.5) is 19.0 Å². The molecule has 2 rings (SSSR count). The molecule has 15 heavy (non-hydrogen) atoms. The lowest BCUT2D eigenvalue weighted by Crippen LogP contribution is -2.41. The Morgan fingerprint density at radius 1 is 1.53 bits per heavy atom. The normalized spacial score (nSPS) is 21.3. The summed E-state index contributed by atoms with van der Waals surface area (Å²) in [4.78, 5) is 10.5. The van der Waals surface area contributed by atoms with Crippen LogP contribution in [0, 0.1) is 0 Å². The van der Waals surface area contributed by atoms with E-state index in [0.29, 0.717) is 5.69 Å². The first-order chi connectivity index (χ1) is 6.91. The molecule has 0 aliphatic carbocycles. The second kappa shape index (κ2) is 3.13. The molecule has 4 nitrogen and oxygen atoms in total. The van der Waals surface area contributed by atoms with Gasteiger partial charge in [-0.05, 0) is 0 Å². The largest absolute Gasteiger partial charge is 0.449 e. The number of rotatable bonds is 0. The van der Waals surface area contributed by atoms with Gasteiger partial charge in [-0.1, -0.05) is 11.6 Å². The predicted octanol–water partition coefficient (Wildman–Crippen LogP) is 2.18. The molecule has 1 aromatic rings. The van der Waals surface area contributed by atoms with E-state index in [2.05, 4.69) is 15.0 Å². The highest BCUT2D eigenvalue weighted by Gasteiger charge is 2.44. The standard InChI is InChI=1S/C7H6ClF3N4/c1-15-4(8)3-5(13-2-12-3)14-6(15)7(9,10)11/h2,4H,1H3,(H,12,13). The minimum atomic E-state index is -4.53. The van der Waals surface area contributed by atoms with Crippen molar-refractivity contribution in [2.24, 2.45) is 4.99 Å². The fraction of sp³-hybridized carbons (Fsp3) is 0.429. The van der Waals surface area contributed by atoms with E-state index in [0.717, 1.165) is 4.90 Å². The fourth-order valence-corrected chi connectivity index (χ4v) is 1.56. The number of aromatic nitrogens is 2. The van der Waals surface area contributed by atoms with Gasteiger partial charge in [-0.3, -0.25) is 0 Å². The monoisotopic (exact) mass is 238 g/mol. The molecule has 1 aliphatic heterocycles. The maximum absolute atomic E-state index is 12.5. The van der Waals surface area contributed by atoms with Gasteiger partial charge >= 0.3 is 6.18 Å². The number of amidine groups is 1. The molecule has 82 valence electrons. The molecule has 0 radical (unpaired) electrons. The molecule has 1 aromatic heterocycles. The van der Waals surface area contributed by atoms with Crippen LogP contribution in [-0.2, 0) is 0 Å². The number of fused-ring (bicyclic) bond motifs is 1. The number of halogens is 4. The Hall–Kier alpha value is -1.24. The van der Waals surface area contributed by atoms with Gasteiger partial charge in [0.2, 0.25) is 5.84 Å². The van der Waals surface area contributed by atoms with E-state index in [4.69, 9.17) is 11.6 Å². The lowest BCUT2D eigenvalue weighted by Gasteiger charge is -2.29. The number of nitrogens with zero attached hydrogens (tertiary/aromatic N) is 3. The van der Waals surface area contributed by atoms with Crippen molar-refractivity contribution in [1.29, 1.82) is 0 Å². The molecule has 0 saturated carbocycles. The summed E-state index contributed by atoms with van der Waals surface area (Å²) in [6.07, 6.45) is -3.27. The summed E-state index contributed by atoms with van der Waals surface area (Å²) >= 11 is 5.81. The Morgan fingerprint density at radius 2 is 2.20 bits per heavy atom. The van der Waals surface area contributed by atoms with Crippen molar-refractivity contribution in [2.75, 3.05) is 7.05 Å². The van der Waals surface area contributed by atoms with Crippen molar-refractivity contribution >= 4 is 23.3 Å². The average Bonchev–Trinajstić information content (AvgIpc) is 2.57. The van der Waals surface area contributed by atoms with Gasteiger partial charge in [0.05, 0.1) is 12.0 Å².